The van der Waals surface area contributed by atoms with Gasteiger partial charge >= 0.3 is 12.1 Å². The molecular formula is C23H17ClF3NO5S2. The average molecular weight is 544 g/mol. The third-order valence-electron chi connectivity index (χ3n) is 5.45. The van der Waals surface area contributed by atoms with Crippen molar-refractivity contribution in [3.8, 4) is 0 Å². The van der Waals surface area contributed by atoms with Gasteiger partial charge in [0.25, 0.3) is 0 Å². The average Bonchev–Trinajstić information content (AvgIpc) is 3.27. The molecule has 0 N–H and O–H groups in total. The monoisotopic (exact) mass is 543 g/mol. The molecule has 1 aliphatic rings. The summed E-state index contributed by atoms with van der Waals surface area (Å²) in [6, 6.07) is 12.0. The van der Waals surface area contributed by atoms with Gasteiger partial charge in [0.2, 0.25) is 15.8 Å². The standard InChI is InChI=1S/C23H17ClF3NO5S2/c24-21-10-9-19(34-21)18(29)13-33-22(30)17-11-14-5-1-2-6-15(14)12-28(17)35(31,32)20-8-4-3-7-16(20)23(25,26)27/h1-10,17H,11-13H2/t17-/m1/s1. The Labute approximate surface area is 207 Å². The highest BCUT2D eigenvalue weighted by Gasteiger charge is 2.44. The van der Waals surface area contributed by atoms with Crippen molar-refractivity contribution in [3.63, 3.8) is 0 Å². The van der Waals surface area contributed by atoms with Crippen LogP contribution < -0.4 is 0 Å². The number of rotatable bonds is 6. The van der Waals surface area contributed by atoms with Gasteiger partial charge in [0.15, 0.2) is 6.61 Å². The maximum absolute atomic E-state index is 13.6. The molecule has 184 valence electrons. The number of esters is 1. The fraction of sp³-hybridized carbons (Fsp3) is 0.217. The number of ether oxygens (including phenoxy) is 1. The first-order valence-corrected chi connectivity index (χ1v) is 12.8. The molecule has 6 nitrogen and oxygen atoms in total. The normalized spacial score (nSPS) is 16.5. The molecule has 0 bridgehead atoms. The van der Waals surface area contributed by atoms with E-state index in [1.165, 1.54) is 18.2 Å². The van der Waals surface area contributed by atoms with Gasteiger partial charge in [-0.3, -0.25) is 9.59 Å². The molecule has 0 fully saturated rings. The van der Waals surface area contributed by atoms with Crippen molar-refractivity contribution in [2.24, 2.45) is 0 Å². The summed E-state index contributed by atoms with van der Waals surface area (Å²) in [6.07, 6.45) is -5.05. The molecular weight excluding hydrogens is 527 g/mol. The summed E-state index contributed by atoms with van der Waals surface area (Å²) in [5, 5.41) is 0. The quantitative estimate of drug-likeness (QED) is 0.324. The third kappa shape index (κ3) is 5.27. The molecule has 1 aliphatic heterocycles. The van der Waals surface area contributed by atoms with Gasteiger partial charge in [-0.1, -0.05) is 48.0 Å². The SMILES string of the molecule is O=C(COC(=O)[C@H]1Cc2ccccc2CN1S(=O)(=O)c1ccccc1C(F)(F)F)c1ccc(Cl)s1. The van der Waals surface area contributed by atoms with Gasteiger partial charge in [-0.2, -0.15) is 17.5 Å². The van der Waals surface area contributed by atoms with Crippen molar-refractivity contribution < 1.29 is 35.9 Å². The fourth-order valence-corrected chi connectivity index (χ4v) is 6.51. The van der Waals surface area contributed by atoms with Gasteiger partial charge in [-0.15, -0.1) is 11.3 Å². The Morgan fingerprint density at radius 2 is 1.69 bits per heavy atom. The van der Waals surface area contributed by atoms with Gasteiger partial charge in [-0.05, 0) is 35.4 Å². The highest BCUT2D eigenvalue weighted by molar-refractivity contribution is 7.89. The lowest BCUT2D eigenvalue weighted by atomic mass is 9.96. The summed E-state index contributed by atoms with van der Waals surface area (Å²) in [7, 11) is -4.79. The van der Waals surface area contributed by atoms with Crippen molar-refractivity contribution in [2.45, 2.75) is 30.1 Å². The first kappa shape index (κ1) is 25.4. The lowest BCUT2D eigenvalue weighted by molar-refractivity contribution is -0.147. The van der Waals surface area contributed by atoms with E-state index in [9.17, 15) is 31.2 Å². The van der Waals surface area contributed by atoms with E-state index in [1.54, 1.807) is 24.3 Å². The maximum atomic E-state index is 13.6. The van der Waals surface area contributed by atoms with Crippen molar-refractivity contribution in [1.82, 2.24) is 4.31 Å². The van der Waals surface area contributed by atoms with Crippen molar-refractivity contribution in [2.75, 3.05) is 6.61 Å². The van der Waals surface area contributed by atoms with Crippen molar-refractivity contribution >= 4 is 44.7 Å². The second-order valence-corrected chi connectivity index (χ2v) is 11.2. The fourth-order valence-electron chi connectivity index (χ4n) is 3.77. The van der Waals surface area contributed by atoms with Crippen LogP contribution in [-0.2, 0) is 38.7 Å². The molecule has 0 saturated heterocycles. The molecule has 1 aromatic heterocycles. The number of alkyl halides is 3. The van der Waals surface area contributed by atoms with Gasteiger partial charge in [0.1, 0.15) is 6.04 Å². The summed E-state index contributed by atoms with van der Waals surface area (Å²) in [4.78, 5) is 24.6. The smallest absolute Gasteiger partial charge is 0.417 e. The topological polar surface area (TPSA) is 80.8 Å². The van der Waals surface area contributed by atoms with Crippen molar-refractivity contribution in [3.05, 3.63) is 86.6 Å². The summed E-state index contributed by atoms with van der Waals surface area (Å²) in [5.74, 6) is -1.58. The lowest BCUT2D eigenvalue weighted by Gasteiger charge is -2.34. The van der Waals surface area contributed by atoms with Gasteiger partial charge in [-0.25, -0.2) is 8.42 Å². The minimum Gasteiger partial charge on any atom is -0.456 e. The predicted octanol–water partition coefficient (Wildman–Crippen LogP) is 4.96. The second-order valence-electron chi connectivity index (χ2n) is 7.67. The summed E-state index contributed by atoms with van der Waals surface area (Å²) in [6.45, 7) is -1.00. The summed E-state index contributed by atoms with van der Waals surface area (Å²) < 4.78 is 73.9. The van der Waals surface area contributed by atoms with Gasteiger partial charge in [0, 0.05) is 13.0 Å². The molecule has 0 spiro atoms. The number of Topliss-reactive ketones (excluding diaryl/α,β-unsaturated/α-hetero) is 1. The first-order chi connectivity index (χ1) is 16.5. The number of hydrogen-bond acceptors (Lipinski definition) is 6. The van der Waals surface area contributed by atoms with E-state index in [0.717, 1.165) is 23.5 Å². The van der Waals surface area contributed by atoms with Crippen LogP contribution in [-0.4, -0.2) is 37.1 Å². The number of carbonyl (C=O) groups is 2. The number of sulfonamides is 1. The number of benzene rings is 2. The Bertz CT molecular complexity index is 1390. The number of nitrogens with zero attached hydrogens (tertiary/aromatic N) is 1. The molecule has 0 aliphatic carbocycles. The van der Waals surface area contributed by atoms with Crippen molar-refractivity contribution in [1.29, 1.82) is 0 Å². The van der Waals surface area contributed by atoms with Crippen LogP contribution in [0.5, 0.6) is 0 Å². The number of thiophene rings is 1. The minimum atomic E-state index is -4.93. The number of fused-ring (bicyclic) bond motifs is 1. The van der Waals surface area contributed by atoms with Crippen LogP contribution in [0.15, 0.2) is 65.6 Å². The van der Waals surface area contributed by atoms with E-state index in [0.29, 0.717) is 25.8 Å². The summed E-state index contributed by atoms with van der Waals surface area (Å²) in [5.41, 5.74) is -0.133. The molecule has 12 heteroatoms. The highest BCUT2D eigenvalue weighted by atomic mass is 35.5. The third-order valence-corrected chi connectivity index (χ3v) is 8.64. The second kappa shape index (κ2) is 9.73. The Morgan fingerprint density at radius 3 is 2.34 bits per heavy atom. The van der Waals surface area contributed by atoms with E-state index >= 15 is 0 Å². The zero-order valence-electron chi connectivity index (χ0n) is 17.8. The zero-order chi connectivity index (χ0) is 25.4. The summed E-state index contributed by atoms with van der Waals surface area (Å²) >= 11 is 6.81. The van der Waals surface area contributed by atoms with Crippen LogP contribution in [0.4, 0.5) is 13.2 Å². The van der Waals surface area contributed by atoms with Crippen LogP contribution >= 0.6 is 22.9 Å². The van der Waals surface area contributed by atoms with E-state index < -0.39 is 51.1 Å². The molecule has 0 amide bonds. The Balaban J connectivity index is 1.67. The molecule has 0 unspecified atom stereocenters. The maximum Gasteiger partial charge on any atom is 0.417 e. The minimum absolute atomic E-state index is 0.124. The Morgan fingerprint density at radius 1 is 1.03 bits per heavy atom. The van der Waals surface area contributed by atoms with Crippen LogP contribution in [0.3, 0.4) is 0 Å². The van der Waals surface area contributed by atoms with Crippen LogP contribution in [0, 0.1) is 0 Å². The molecule has 35 heavy (non-hydrogen) atoms. The molecule has 0 saturated carbocycles. The van der Waals surface area contributed by atoms with E-state index in [1.807, 2.05) is 0 Å². The highest BCUT2D eigenvalue weighted by Crippen LogP contribution is 2.37. The predicted molar refractivity (Wildman–Crippen MR) is 123 cm³/mol. The number of hydrogen-bond donors (Lipinski definition) is 0. The largest absolute Gasteiger partial charge is 0.456 e. The zero-order valence-corrected chi connectivity index (χ0v) is 20.2. The molecule has 3 aromatic rings. The number of carbonyl (C=O) groups excluding carboxylic acids is 2. The first-order valence-electron chi connectivity index (χ1n) is 10.2. The Hall–Kier alpha value is -2.73. The Kier molecular flexibility index (Phi) is 7.05. The van der Waals surface area contributed by atoms with E-state index in [2.05, 4.69) is 0 Å². The molecule has 2 heterocycles. The molecule has 1 atom stereocenters. The lowest BCUT2D eigenvalue weighted by Crippen LogP contribution is -2.49. The van der Waals surface area contributed by atoms with Crippen LogP contribution in [0.25, 0.3) is 0 Å². The van der Waals surface area contributed by atoms with Gasteiger partial charge in [0.05, 0.1) is 19.7 Å². The van der Waals surface area contributed by atoms with Crippen LogP contribution in [0.2, 0.25) is 4.34 Å². The van der Waals surface area contributed by atoms with E-state index in [-0.39, 0.29) is 17.8 Å². The molecule has 0 radical (unpaired) electrons. The number of ketones is 1. The molecule has 2 aromatic carbocycles. The van der Waals surface area contributed by atoms with Crippen LogP contribution in [0.1, 0.15) is 26.4 Å². The number of halogens is 4. The molecule has 4 rings (SSSR count). The van der Waals surface area contributed by atoms with E-state index in [4.69, 9.17) is 16.3 Å². The van der Waals surface area contributed by atoms with Gasteiger partial charge < -0.3 is 4.74 Å².